The number of nitrogens with one attached hydrogen (secondary N) is 1. The topological polar surface area (TPSA) is 86.7 Å². The molecule has 2 aromatic rings. The van der Waals surface area contributed by atoms with Crippen molar-refractivity contribution < 1.29 is 18.4 Å². The highest BCUT2D eigenvalue weighted by Crippen LogP contribution is 2.29. The smallest absolute Gasteiger partial charge is 0.259 e. The molecule has 6 nitrogen and oxygen atoms in total. The van der Waals surface area contributed by atoms with E-state index in [0.29, 0.717) is 24.6 Å². The van der Waals surface area contributed by atoms with Gasteiger partial charge in [-0.2, -0.15) is 0 Å². The van der Waals surface area contributed by atoms with Crippen LogP contribution in [0.25, 0.3) is 0 Å². The van der Waals surface area contributed by atoms with Gasteiger partial charge in [0.15, 0.2) is 0 Å². The van der Waals surface area contributed by atoms with Gasteiger partial charge in [-0.05, 0) is 43.4 Å². The third-order valence-electron chi connectivity index (χ3n) is 5.36. The first kappa shape index (κ1) is 22.0. The van der Waals surface area contributed by atoms with Crippen LogP contribution in [0, 0.1) is 24.7 Å². The Kier molecular flexibility index (Phi) is 7.27. The summed E-state index contributed by atoms with van der Waals surface area (Å²) in [6.07, 6.45) is 1.46. The molecule has 0 spiro atoms. The first-order chi connectivity index (χ1) is 14.4. The molecule has 158 valence electrons. The number of rotatable bonds is 5. The monoisotopic (exact) mass is 426 g/mol. The Morgan fingerprint density at radius 1 is 1.13 bits per heavy atom. The van der Waals surface area contributed by atoms with Crippen molar-refractivity contribution in [2.75, 3.05) is 18.8 Å². The predicted octanol–water partition coefficient (Wildman–Crippen LogP) is 2.68. The van der Waals surface area contributed by atoms with Crippen molar-refractivity contribution in [2.45, 2.75) is 25.7 Å². The highest BCUT2D eigenvalue weighted by molar-refractivity contribution is 7.89. The van der Waals surface area contributed by atoms with Crippen LogP contribution < -0.4 is 5.48 Å². The third-order valence-corrected chi connectivity index (χ3v) is 7.27. The van der Waals surface area contributed by atoms with Crippen LogP contribution in [0.3, 0.4) is 0 Å². The molecule has 1 saturated heterocycles. The molecule has 3 rings (SSSR count). The van der Waals surface area contributed by atoms with Crippen molar-refractivity contribution in [1.29, 1.82) is 0 Å². The maximum absolute atomic E-state index is 12.9. The van der Waals surface area contributed by atoms with E-state index in [2.05, 4.69) is 36.1 Å². The second-order valence-corrected chi connectivity index (χ2v) is 9.54. The highest BCUT2D eigenvalue weighted by Gasteiger charge is 2.32. The minimum Gasteiger partial charge on any atom is -0.289 e. The van der Waals surface area contributed by atoms with Crippen molar-refractivity contribution in [2.24, 2.45) is 5.92 Å². The van der Waals surface area contributed by atoms with Crippen LogP contribution in [-0.2, 0) is 14.8 Å². The number of piperidine rings is 1. The molecule has 1 heterocycles. The van der Waals surface area contributed by atoms with Gasteiger partial charge in [0, 0.05) is 18.7 Å². The van der Waals surface area contributed by atoms with E-state index in [4.69, 9.17) is 5.21 Å². The molecule has 1 unspecified atom stereocenters. The van der Waals surface area contributed by atoms with Crippen LogP contribution in [0.1, 0.15) is 35.4 Å². The van der Waals surface area contributed by atoms with E-state index in [0.717, 1.165) is 12.8 Å². The Labute approximate surface area is 177 Å². The Morgan fingerprint density at radius 3 is 2.37 bits per heavy atom. The molecule has 0 bridgehead atoms. The summed E-state index contributed by atoms with van der Waals surface area (Å²) in [6.45, 7) is 2.85. The van der Waals surface area contributed by atoms with Crippen LogP contribution >= 0.6 is 0 Å². The van der Waals surface area contributed by atoms with Crippen molar-refractivity contribution in [3.63, 3.8) is 0 Å². The fourth-order valence-corrected chi connectivity index (χ4v) is 5.21. The summed E-state index contributed by atoms with van der Waals surface area (Å²) in [5.74, 6) is 3.39. The average Bonchev–Trinajstić information content (AvgIpc) is 2.77. The zero-order chi connectivity index (χ0) is 21.6. The van der Waals surface area contributed by atoms with Crippen LogP contribution in [0.4, 0.5) is 0 Å². The van der Waals surface area contributed by atoms with E-state index in [9.17, 15) is 13.2 Å². The van der Waals surface area contributed by atoms with Crippen LogP contribution in [0.15, 0.2) is 54.6 Å². The largest absolute Gasteiger partial charge is 0.289 e. The fraction of sp³-hybridized carbons (Fsp3) is 0.348. The third kappa shape index (κ3) is 5.70. The van der Waals surface area contributed by atoms with Crippen molar-refractivity contribution in [1.82, 2.24) is 9.79 Å². The van der Waals surface area contributed by atoms with Crippen LogP contribution in [0.2, 0.25) is 0 Å². The SMILES string of the molecule is Cc1ccc(C2CCN(S(=O)(=O)CC(C#Cc3ccccc3)C(=O)NO)CC2)cc1. The zero-order valence-electron chi connectivity index (χ0n) is 16.9. The van der Waals surface area contributed by atoms with Gasteiger partial charge in [-0.1, -0.05) is 59.9 Å². The molecule has 7 heteroatoms. The Bertz CT molecular complexity index is 1020. The standard InChI is InChI=1S/C23H26N2O4S/c1-18-7-10-20(11-8-18)21-13-15-25(16-14-21)30(28,29)17-22(23(26)24-27)12-9-19-5-3-2-4-6-19/h2-8,10-11,21-22,27H,13-17H2,1H3,(H,24,26). The van der Waals surface area contributed by atoms with Crippen LogP contribution in [0.5, 0.6) is 0 Å². The number of hydrogen-bond acceptors (Lipinski definition) is 4. The van der Waals surface area contributed by atoms with Gasteiger partial charge in [0.2, 0.25) is 10.0 Å². The molecule has 2 aromatic carbocycles. The van der Waals surface area contributed by atoms with Gasteiger partial charge >= 0.3 is 0 Å². The molecule has 0 aliphatic carbocycles. The molecule has 1 amide bonds. The second kappa shape index (κ2) is 9.90. The van der Waals surface area contributed by atoms with E-state index in [1.54, 1.807) is 24.3 Å². The highest BCUT2D eigenvalue weighted by atomic mass is 32.2. The quantitative estimate of drug-likeness (QED) is 0.437. The summed E-state index contributed by atoms with van der Waals surface area (Å²) >= 11 is 0. The maximum atomic E-state index is 12.9. The van der Waals surface area contributed by atoms with Gasteiger partial charge in [0.25, 0.3) is 5.91 Å². The molecule has 1 atom stereocenters. The molecular weight excluding hydrogens is 400 g/mol. The first-order valence-electron chi connectivity index (χ1n) is 9.94. The Balaban J connectivity index is 1.67. The van der Waals surface area contributed by atoms with Crippen molar-refractivity contribution in [3.05, 3.63) is 71.3 Å². The lowest BCUT2D eigenvalue weighted by atomic mass is 9.90. The average molecular weight is 427 g/mol. The molecule has 0 radical (unpaired) electrons. The summed E-state index contributed by atoms with van der Waals surface area (Å²) in [5, 5.41) is 9.01. The maximum Gasteiger partial charge on any atom is 0.259 e. The van der Waals surface area contributed by atoms with Gasteiger partial charge in [0.05, 0.1) is 5.75 Å². The minimum atomic E-state index is -3.70. The van der Waals surface area contributed by atoms with E-state index < -0.39 is 27.6 Å². The summed E-state index contributed by atoms with van der Waals surface area (Å²) < 4.78 is 27.3. The number of hydroxylamine groups is 1. The van der Waals surface area contributed by atoms with E-state index >= 15 is 0 Å². The van der Waals surface area contributed by atoms with Gasteiger partial charge in [-0.25, -0.2) is 18.2 Å². The van der Waals surface area contributed by atoms with Gasteiger partial charge in [-0.3, -0.25) is 10.0 Å². The second-order valence-electron chi connectivity index (χ2n) is 7.53. The first-order valence-corrected chi connectivity index (χ1v) is 11.5. The number of nitrogens with zero attached hydrogens (tertiary/aromatic N) is 1. The summed E-state index contributed by atoms with van der Waals surface area (Å²) in [5.41, 5.74) is 4.63. The number of hydrogen-bond donors (Lipinski definition) is 2. The molecule has 1 fully saturated rings. The number of amides is 1. The van der Waals surface area contributed by atoms with Gasteiger partial charge in [0.1, 0.15) is 5.92 Å². The molecule has 1 aliphatic rings. The lowest BCUT2D eigenvalue weighted by Crippen LogP contribution is -2.42. The summed E-state index contributed by atoms with van der Waals surface area (Å²) in [4.78, 5) is 12.0. The number of benzene rings is 2. The van der Waals surface area contributed by atoms with E-state index in [1.807, 2.05) is 13.0 Å². The molecule has 0 saturated carbocycles. The lowest BCUT2D eigenvalue weighted by Gasteiger charge is -2.32. The number of sulfonamides is 1. The number of carbonyl (C=O) groups is 1. The molecule has 30 heavy (non-hydrogen) atoms. The minimum absolute atomic E-state index is 0.325. The summed E-state index contributed by atoms with van der Waals surface area (Å²) in [7, 11) is -3.70. The Morgan fingerprint density at radius 2 is 1.77 bits per heavy atom. The zero-order valence-corrected chi connectivity index (χ0v) is 17.7. The van der Waals surface area contributed by atoms with E-state index in [1.165, 1.54) is 20.9 Å². The number of carbonyl (C=O) groups excluding carboxylic acids is 1. The normalized spacial score (nSPS) is 16.3. The fourth-order valence-electron chi connectivity index (χ4n) is 3.57. The lowest BCUT2D eigenvalue weighted by molar-refractivity contribution is -0.131. The van der Waals surface area contributed by atoms with E-state index in [-0.39, 0.29) is 0 Å². The molecule has 0 aromatic heterocycles. The molecular formula is C23H26N2O4S. The van der Waals surface area contributed by atoms with Gasteiger partial charge in [-0.15, -0.1) is 0 Å². The Hall–Kier alpha value is -2.66. The predicted molar refractivity (Wildman–Crippen MR) is 115 cm³/mol. The van der Waals surface area contributed by atoms with Crippen LogP contribution in [-0.4, -0.2) is 42.7 Å². The molecule has 2 N–H and O–H groups in total. The van der Waals surface area contributed by atoms with Gasteiger partial charge < -0.3 is 0 Å². The number of aryl methyl sites for hydroxylation is 1. The van der Waals surface area contributed by atoms with Crippen molar-refractivity contribution >= 4 is 15.9 Å². The van der Waals surface area contributed by atoms with Crippen molar-refractivity contribution in [3.8, 4) is 11.8 Å². The molecule has 1 aliphatic heterocycles. The summed E-state index contributed by atoms with van der Waals surface area (Å²) in [6, 6.07) is 17.3.